The number of nitrogens with zero attached hydrogens (tertiary/aromatic N) is 1. The number of carbonyl (C=O) groups excluding carboxylic acids is 1. The summed E-state index contributed by atoms with van der Waals surface area (Å²) >= 11 is 4.76. The van der Waals surface area contributed by atoms with Crippen molar-refractivity contribution in [3.05, 3.63) is 0 Å². The number of amides is 1. The molecule has 0 saturated carbocycles. The fraction of sp³-hybridized carbons (Fsp3) is 0.833. The molecule has 6 heteroatoms. The van der Waals surface area contributed by atoms with Gasteiger partial charge in [0, 0.05) is 26.6 Å². The summed E-state index contributed by atoms with van der Waals surface area (Å²) in [5, 5.41) is 0. The van der Waals surface area contributed by atoms with E-state index in [1.165, 1.54) is 0 Å². The van der Waals surface area contributed by atoms with E-state index in [2.05, 4.69) is 6.92 Å². The average molecular weight is 276 g/mol. The first kappa shape index (κ1) is 17.3. The standard InChI is InChI=1S/C12H24N2O3S/c1-3-7-16-9-10-17-8-5-12(15)14(2)6-4-11(13)18/h3-10H2,1-2H3,(H2,13,18). The number of nitrogens with two attached hydrogens (primary N) is 1. The van der Waals surface area contributed by atoms with Crippen LogP contribution in [0, 0.1) is 0 Å². The topological polar surface area (TPSA) is 64.8 Å². The zero-order valence-corrected chi connectivity index (χ0v) is 12.1. The van der Waals surface area contributed by atoms with Crippen LogP contribution in [0.2, 0.25) is 0 Å². The van der Waals surface area contributed by atoms with E-state index in [9.17, 15) is 4.79 Å². The van der Waals surface area contributed by atoms with Crippen LogP contribution in [0.5, 0.6) is 0 Å². The molecule has 0 aliphatic heterocycles. The van der Waals surface area contributed by atoms with Crippen molar-refractivity contribution in [3.8, 4) is 0 Å². The third-order valence-corrected chi connectivity index (χ3v) is 2.50. The minimum Gasteiger partial charge on any atom is -0.393 e. The lowest BCUT2D eigenvalue weighted by atomic mass is 10.3. The molecule has 0 aromatic rings. The summed E-state index contributed by atoms with van der Waals surface area (Å²) in [6.07, 6.45) is 1.94. The zero-order valence-electron chi connectivity index (χ0n) is 11.3. The number of thiocarbonyl (C=S) groups is 1. The third kappa shape index (κ3) is 10.4. The Kier molecular flexibility index (Phi) is 10.9. The van der Waals surface area contributed by atoms with Gasteiger partial charge in [-0.3, -0.25) is 4.79 Å². The Morgan fingerprint density at radius 3 is 2.33 bits per heavy atom. The zero-order chi connectivity index (χ0) is 13.8. The maximum absolute atomic E-state index is 11.6. The van der Waals surface area contributed by atoms with Gasteiger partial charge >= 0.3 is 0 Å². The minimum atomic E-state index is 0.0423. The van der Waals surface area contributed by atoms with Crippen molar-refractivity contribution in [2.75, 3.05) is 40.0 Å². The normalized spacial score (nSPS) is 10.3. The summed E-state index contributed by atoms with van der Waals surface area (Å²) < 4.78 is 10.6. The van der Waals surface area contributed by atoms with Gasteiger partial charge in [-0.1, -0.05) is 19.1 Å². The van der Waals surface area contributed by atoms with Gasteiger partial charge in [0.2, 0.25) is 5.91 Å². The summed E-state index contributed by atoms with van der Waals surface area (Å²) in [4.78, 5) is 13.7. The smallest absolute Gasteiger partial charge is 0.224 e. The number of carbonyl (C=O) groups is 1. The van der Waals surface area contributed by atoms with E-state index < -0.39 is 0 Å². The third-order valence-electron chi connectivity index (χ3n) is 2.30. The summed E-state index contributed by atoms with van der Waals surface area (Å²) in [7, 11) is 1.74. The highest BCUT2D eigenvalue weighted by atomic mass is 32.1. The maximum Gasteiger partial charge on any atom is 0.224 e. The molecule has 0 spiro atoms. The molecule has 0 saturated heterocycles. The Labute approximate surface area is 115 Å². The van der Waals surface area contributed by atoms with Gasteiger partial charge in [-0.15, -0.1) is 0 Å². The van der Waals surface area contributed by atoms with Crippen molar-refractivity contribution in [2.45, 2.75) is 26.2 Å². The molecule has 0 radical (unpaired) electrons. The molecular weight excluding hydrogens is 252 g/mol. The van der Waals surface area contributed by atoms with Crippen LogP contribution in [-0.4, -0.2) is 55.8 Å². The number of rotatable bonds is 11. The van der Waals surface area contributed by atoms with E-state index in [4.69, 9.17) is 27.4 Å². The van der Waals surface area contributed by atoms with Crippen LogP contribution in [0.15, 0.2) is 0 Å². The van der Waals surface area contributed by atoms with Crippen LogP contribution >= 0.6 is 12.2 Å². The predicted octanol–water partition coefficient (Wildman–Crippen LogP) is 0.954. The van der Waals surface area contributed by atoms with Crippen LogP contribution in [0.4, 0.5) is 0 Å². The van der Waals surface area contributed by atoms with Gasteiger partial charge in [-0.2, -0.15) is 0 Å². The Morgan fingerprint density at radius 2 is 1.78 bits per heavy atom. The average Bonchev–Trinajstić information content (AvgIpc) is 2.34. The molecule has 0 aliphatic carbocycles. The van der Waals surface area contributed by atoms with E-state index in [1.807, 2.05) is 0 Å². The van der Waals surface area contributed by atoms with E-state index >= 15 is 0 Å². The second kappa shape index (κ2) is 11.4. The summed E-state index contributed by atoms with van der Waals surface area (Å²) in [6, 6.07) is 0. The molecule has 2 N–H and O–H groups in total. The van der Waals surface area contributed by atoms with Crippen molar-refractivity contribution < 1.29 is 14.3 Å². The first-order valence-corrected chi connectivity index (χ1v) is 6.66. The van der Waals surface area contributed by atoms with E-state index in [0.29, 0.717) is 44.2 Å². The second-order valence-electron chi connectivity index (χ2n) is 4.01. The molecule has 5 nitrogen and oxygen atoms in total. The molecular formula is C12H24N2O3S. The molecule has 0 heterocycles. The highest BCUT2D eigenvalue weighted by Gasteiger charge is 2.08. The number of ether oxygens (including phenoxy) is 2. The molecule has 106 valence electrons. The Morgan fingerprint density at radius 1 is 1.17 bits per heavy atom. The molecule has 0 bridgehead atoms. The first-order valence-electron chi connectivity index (χ1n) is 6.25. The largest absolute Gasteiger partial charge is 0.393 e. The van der Waals surface area contributed by atoms with E-state index in [0.717, 1.165) is 13.0 Å². The lowest BCUT2D eigenvalue weighted by molar-refractivity contribution is -0.131. The van der Waals surface area contributed by atoms with Crippen molar-refractivity contribution in [1.29, 1.82) is 0 Å². The fourth-order valence-corrected chi connectivity index (χ4v) is 1.31. The SMILES string of the molecule is CCCOCCOCCC(=O)N(C)CCC(N)=S. The maximum atomic E-state index is 11.6. The summed E-state index contributed by atoms with van der Waals surface area (Å²) in [5.74, 6) is 0.0423. The van der Waals surface area contributed by atoms with E-state index in [-0.39, 0.29) is 5.91 Å². The van der Waals surface area contributed by atoms with Crippen LogP contribution in [0.25, 0.3) is 0 Å². The fourth-order valence-electron chi connectivity index (χ4n) is 1.22. The molecule has 18 heavy (non-hydrogen) atoms. The van der Waals surface area contributed by atoms with Gasteiger partial charge in [0.15, 0.2) is 0 Å². The van der Waals surface area contributed by atoms with Crippen LogP contribution in [0.1, 0.15) is 26.2 Å². The summed E-state index contributed by atoms with van der Waals surface area (Å²) in [5.41, 5.74) is 5.38. The quantitative estimate of drug-likeness (QED) is 0.450. The molecule has 0 aromatic heterocycles. The van der Waals surface area contributed by atoms with Gasteiger partial charge in [-0.25, -0.2) is 0 Å². The molecule has 0 aromatic carbocycles. The first-order chi connectivity index (χ1) is 8.57. The lowest BCUT2D eigenvalue weighted by Crippen LogP contribution is -2.30. The Balaban J connectivity index is 3.43. The molecule has 1 amide bonds. The van der Waals surface area contributed by atoms with Crippen molar-refractivity contribution in [2.24, 2.45) is 5.73 Å². The Hall–Kier alpha value is -0.720. The van der Waals surface area contributed by atoms with Crippen LogP contribution in [0.3, 0.4) is 0 Å². The highest BCUT2D eigenvalue weighted by Crippen LogP contribution is 1.94. The molecule has 0 fully saturated rings. The Bertz CT molecular complexity index is 249. The molecule has 0 aliphatic rings. The number of hydrogen-bond acceptors (Lipinski definition) is 4. The monoisotopic (exact) mass is 276 g/mol. The highest BCUT2D eigenvalue weighted by molar-refractivity contribution is 7.80. The van der Waals surface area contributed by atoms with Gasteiger partial charge in [-0.05, 0) is 6.42 Å². The van der Waals surface area contributed by atoms with E-state index in [1.54, 1.807) is 11.9 Å². The molecule has 0 unspecified atom stereocenters. The predicted molar refractivity (Wildman–Crippen MR) is 75.6 cm³/mol. The van der Waals surface area contributed by atoms with Crippen LogP contribution < -0.4 is 5.73 Å². The number of hydrogen-bond donors (Lipinski definition) is 1. The van der Waals surface area contributed by atoms with Gasteiger partial charge in [0.1, 0.15) is 0 Å². The van der Waals surface area contributed by atoms with Crippen LogP contribution in [-0.2, 0) is 14.3 Å². The second-order valence-corrected chi connectivity index (χ2v) is 4.53. The van der Waals surface area contributed by atoms with Crippen molar-refractivity contribution in [3.63, 3.8) is 0 Å². The lowest BCUT2D eigenvalue weighted by Gasteiger charge is -2.16. The minimum absolute atomic E-state index is 0.0423. The molecule has 0 rings (SSSR count). The van der Waals surface area contributed by atoms with Crippen molar-refractivity contribution >= 4 is 23.1 Å². The van der Waals surface area contributed by atoms with Gasteiger partial charge < -0.3 is 20.1 Å². The van der Waals surface area contributed by atoms with Gasteiger partial charge in [0.25, 0.3) is 0 Å². The van der Waals surface area contributed by atoms with Gasteiger partial charge in [0.05, 0.1) is 31.2 Å². The van der Waals surface area contributed by atoms with Crippen molar-refractivity contribution in [1.82, 2.24) is 4.90 Å². The summed E-state index contributed by atoms with van der Waals surface area (Å²) in [6.45, 7) is 4.91. The molecule has 0 atom stereocenters.